The van der Waals surface area contributed by atoms with Crippen molar-refractivity contribution in [2.75, 3.05) is 33.9 Å². The average molecular weight is 232 g/mol. The Balaban J connectivity index is 2.30. The third-order valence-electron chi connectivity index (χ3n) is 2.34. The third kappa shape index (κ3) is 4.20. The van der Waals surface area contributed by atoms with Crippen molar-refractivity contribution in [3.63, 3.8) is 0 Å². The number of likely N-dealkylation sites (N-methyl/N-ethyl adjacent to an activating group) is 1. The Labute approximate surface area is 95.8 Å². The predicted octanol–water partition coefficient (Wildman–Crippen LogP) is 1.20. The molecule has 0 aliphatic rings. The SMILES string of the molecule is COCCN(C)CCn1cncc1CCl. The van der Waals surface area contributed by atoms with Gasteiger partial charge in [0.15, 0.2) is 0 Å². The second-order valence-electron chi connectivity index (χ2n) is 3.51. The molecule has 0 spiro atoms. The Kier molecular flexibility index (Phi) is 5.68. The lowest BCUT2D eigenvalue weighted by Gasteiger charge is -2.16. The second kappa shape index (κ2) is 6.82. The summed E-state index contributed by atoms with van der Waals surface area (Å²) in [4.78, 5) is 6.29. The molecule has 0 radical (unpaired) electrons. The molecule has 0 fully saturated rings. The van der Waals surface area contributed by atoms with Crippen LogP contribution in [0.25, 0.3) is 0 Å². The van der Waals surface area contributed by atoms with Gasteiger partial charge in [-0.05, 0) is 7.05 Å². The van der Waals surface area contributed by atoms with Gasteiger partial charge in [0.05, 0.1) is 24.5 Å². The van der Waals surface area contributed by atoms with E-state index in [1.165, 1.54) is 0 Å². The Hall–Kier alpha value is -0.580. The van der Waals surface area contributed by atoms with E-state index < -0.39 is 0 Å². The standard InChI is InChI=1S/C10H18ClN3O/c1-13(5-6-15-2)3-4-14-9-12-8-10(14)7-11/h8-9H,3-7H2,1-2H3. The summed E-state index contributed by atoms with van der Waals surface area (Å²) >= 11 is 5.78. The Morgan fingerprint density at radius 3 is 3.00 bits per heavy atom. The molecule has 0 saturated heterocycles. The summed E-state index contributed by atoms with van der Waals surface area (Å²) in [7, 11) is 3.80. The van der Waals surface area contributed by atoms with Crippen molar-refractivity contribution in [2.24, 2.45) is 0 Å². The minimum absolute atomic E-state index is 0.516. The smallest absolute Gasteiger partial charge is 0.0948 e. The summed E-state index contributed by atoms with van der Waals surface area (Å²) in [5, 5.41) is 0. The van der Waals surface area contributed by atoms with Crippen LogP contribution in [-0.2, 0) is 17.2 Å². The molecular weight excluding hydrogens is 214 g/mol. The number of alkyl halides is 1. The number of aromatic nitrogens is 2. The van der Waals surface area contributed by atoms with Gasteiger partial charge in [0, 0.05) is 32.9 Å². The van der Waals surface area contributed by atoms with Gasteiger partial charge in [-0.2, -0.15) is 0 Å². The van der Waals surface area contributed by atoms with E-state index in [1.54, 1.807) is 7.11 Å². The van der Waals surface area contributed by atoms with Gasteiger partial charge in [-0.15, -0.1) is 11.6 Å². The molecule has 5 heteroatoms. The quantitative estimate of drug-likeness (QED) is 0.661. The highest BCUT2D eigenvalue weighted by Crippen LogP contribution is 2.02. The van der Waals surface area contributed by atoms with Crippen molar-refractivity contribution in [1.82, 2.24) is 14.5 Å². The van der Waals surface area contributed by atoms with Crippen LogP contribution in [0.2, 0.25) is 0 Å². The molecule has 15 heavy (non-hydrogen) atoms. The molecule has 0 aliphatic heterocycles. The zero-order valence-electron chi connectivity index (χ0n) is 9.32. The maximum Gasteiger partial charge on any atom is 0.0948 e. The lowest BCUT2D eigenvalue weighted by atomic mass is 10.4. The number of imidazole rings is 1. The lowest BCUT2D eigenvalue weighted by molar-refractivity contribution is 0.159. The Morgan fingerprint density at radius 2 is 2.33 bits per heavy atom. The van der Waals surface area contributed by atoms with Crippen LogP contribution < -0.4 is 0 Å². The zero-order chi connectivity index (χ0) is 11.1. The lowest BCUT2D eigenvalue weighted by Crippen LogP contribution is -2.26. The Bertz CT molecular complexity index is 277. The van der Waals surface area contributed by atoms with E-state index in [0.717, 1.165) is 31.9 Å². The summed E-state index contributed by atoms with van der Waals surface area (Å²) < 4.78 is 7.09. The minimum atomic E-state index is 0.516. The highest BCUT2D eigenvalue weighted by Gasteiger charge is 2.02. The van der Waals surface area contributed by atoms with Crippen molar-refractivity contribution >= 4 is 11.6 Å². The number of ether oxygens (including phenoxy) is 1. The monoisotopic (exact) mass is 231 g/mol. The largest absolute Gasteiger partial charge is 0.383 e. The van der Waals surface area contributed by atoms with Crippen LogP contribution in [0.3, 0.4) is 0 Å². The number of hydrogen-bond donors (Lipinski definition) is 0. The number of rotatable bonds is 7. The summed E-state index contributed by atoms with van der Waals surface area (Å²) in [5.41, 5.74) is 1.07. The molecular formula is C10H18ClN3O. The zero-order valence-corrected chi connectivity index (χ0v) is 10.1. The molecule has 0 bridgehead atoms. The van der Waals surface area contributed by atoms with Crippen LogP contribution in [0.15, 0.2) is 12.5 Å². The summed E-state index contributed by atoms with van der Waals surface area (Å²) in [6.45, 7) is 3.61. The molecule has 1 heterocycles. The molecule has 0 aromatic carbocycles. The normalized spacial score (nSPS) is 11.2. The van der Waals surface area contributed by atoms with E-state index >= 15 is 0 Å². The van der Waals surface area contributed by atoms with E-state index in [1.807, 2.05) is 12.5 Å². The van der Waals surface area contributed by atoms with Gasteiger partial charge in [-0.3, -0.25) is 0 Å². The van der Waals surface area contributed by atoms with E-state index in [2.05, 4.69) is 21.5 Å². The predicted molar refractivity (Wildman–Crippen MR) is 61.2 cm³/mol. The average Bonchev–Trinajstić information content (AvgIpc) is 2.70. The van der Waals surface area contributed by atoms with Crippen LogP contribution in [0.5, 0.6) is 0 Å². The van der Waals surface area contributed by atoms with Gasteiger partial charge in [-0.1, -0.05) is 0 Å². The van der Waals surface area contributed by atoms with Gasteiger partial charge >= 0.3 is 0 Å². The van der Waals surface area contributed by atoms with Gasteiger partial charge in [0.2, 0.25) is 0 Å². The van der Waals surface area contributed by atoms with Gasteiger partial charge < -0.3 is 14.2 Å². The van der Waals surface area contributed by atoms with Gasteiger partial charge in [-0.25, -0.2) is 4.98 Å². The van der Waals surface area contributed by atoms with Crippen LogP contribution >= 0.6 is 11.6 Å². The van der Waals surface area contributed by atoms with Crippen LogP contribution in [0, 0.1) is 0 Å². The van der Waals surface area contributed by atoms with E-state index in [-0.39, 0.29) is 0 Å². The summed E-state index contributed by atoms with van der Waals surface area (Å²) in [5.74, 6) is 0.516. The van der Waals surface area contributed by atoms with Crippen molar-refractivity contribution in [3.05, 3.63) is 18.2 Å². The first-order valence-electron chi connectivity index (χ1n) is 5.00. The Morgan fingerprint density at radius 1 is 1.53 bits per heavy atom. The number of methoxy groups -OCH3 is 1. The molecule has 0 amide bonds. The molecule has 86 valence electrons. The van der Waals surface area contributed by atoms with Crippen LogP contribution in [0.4, 0.5) is 0 Å². The van der Waals surface area contributed by atoms with E-state index in [9.17, 15) is 0 Å². The fourth-order valence-electron chi connectivity index (χ4n) is 1.30. The molecule has 0 unspecified atom stereocenters. The summed E-state index contributed by atoms with van der Waals surface area (Å²) in [6, 6.07) is 0. The maximum absolute atomic E-state index is 5.78. The molecule has 1 aromatic heterocycles. The van der Waals surface area contributed by atoms with Gasteiger partial charge in [0.25, 0.3) is 0 Å². The maximum atomic E-state index is 5.78. The first kappa shape index (κ1) is 12.5. The second-order valence-corrected chi connectivity index (χ2v) is 3.78. The minimum Gasteiger partial charge on any atom is -0.383 e. The molecule has 0 saturated carbocycles. The van der Waals surface area contributed by atoms with Crippen molar-refractivity contribution in [3.8, 4) is 0 Å². The third-order valence-corrected chi connectivity index (χ3v) is 2.61. The molecule has 1 aromatic rings. The fraction of sp³-hybridized carbons (Fsp3) is 0.700. The van der Waals surface area contributed by atoms with Crippen molar-refractivity contribution < 1.29 is 4.74 Å². The van der Waals surface area contributed by atoms with Crippen LogP contribution in [-0.4, -0.2) is 48.3 Å². The first-order valence-corrected chi connectivity index (χ1v) is 5.54. The number of hydrogen-bond acceptors (Lipinski definition) is 3. The van der Waals surface area contributed by atoms with Crippen molar-refractivity contribution in [1.29, 1.82) is 0 Å². The number of halogens is 1. The topological polar surface area (TPSA) is 30.3 Å². The highest BCUT2D eigenvalue weighted by atomic mass is 35.5. The molecule has 4 nitrogen and oxygen atoms in total. The van der Waals surface area contributed by atoms with E-state index in [0.29, 0.717) is 5.88 Å². The van der Waals surface area contributed by atoms with Crippen molar-refractivity contribution in [2.45, 2.75) is 12.4 Å². The molecule has 0 N–H and O–H groups in total. The highest BCUT2D eigenvalue weighted by molar-refractivity contribution is 6.16. The van der Waals surface area contributed by atoms with E-state index in [4.69, 9.17) is 16.3 Å². The molecule has 0 aliphatic carbocycles. The molecule has 0 atom stereocenters. The summed E-state index contributed by atoms with van der Waals surface area (Å²) in [6.07, 6.45) is 3.63. The molecule has 1 rings (SSSR count). The fourth-order valence-corrected chi connectivity index (χ4v) is 1.52. The van der Waals surface area contributed by atoms with Crippen LogP contribution in [0.1, 0.15) is 5.69 Å². The first-order chi connectivity index (χ1) is 7.27. The van der Waals surface area contributed by atoms with Gasteiger partial charge in [0.1, 0.15) is 0 Å². The number of nitrogens with zero attached hydrogens (tertiary/aromatic N) is 3.